The van der Waals surface area contributed by atoms with Crippen LogP contribution < -0.4 is 15.7 Å². The minimum Gasteiger partial charge on any atom is -0.624 e. The van der Waals surface area contributed by atoms with Gasteiger partial charge in [0.2, 0.25) is 0 Å². The largest absolute Gasteiger partial charge is 0.624 e. The number of hydrogen-bond acceptors (Lipinski definition) is 4. The summed E-state index contributed by atoms with van der Waals surface area (Å²) in [6, 6.07) is 9.94. The standard InChI is InChI=1S/C15H13ClN4O/c16-12-8-19-13(18-12)9-20(21)14-11(6-7-17-15(14)19)10-4-2-1-3-5-10/h1-6,8-9,17-18,20H,7H2. The van der Waals surface area contributed by atoms with Crippen molar-refractivity contribution in [1.82, 2.24) is 15.5 Å². The van der Waals surface area contributed by atoms with Gasteiger partial charge in [-0.05, 0) is 5.56 Å². The molecule has 3 heterocycles. The summed E-state index contributed by atoms with van der Waals surface area (Å²) in [5.41, 5.74) is 2.68. The number of fused-ring (bicyclic) bond motifs is 2. The number of halogens is 1. The van der Waals surface area contributed by atoms with Crippen molar-refractivity contribution in [2.75, 3.05) is 6.54 Å². The minimum absolute atomic E-state index is 0.0224. The summed E-state index contributed by atoms with van der Waals surface area (Å²) in [5.74, 6) is 1.47. The van der Waals surface area contributed by atoms with Crippen LogP contribution in [0, 0.1) is 5.21 Å². The Morgan fingerprint density at radius 3 is 2.86 bits per heavy atom. The molecule has 0 bridgehead atoms. The van der Waals surface area contributed by atoms with Crippen LogP contribution in [0.3, 0.4) is 0 Å². The van der Waals surface area contributed by atoms with Gasteiger partial charge in [-0.3, -0.25) is 4.90 Å². The smallest absolute Gasteiger partial charge is 0.184 e. The number of allylic oxidation sites excluding steroid dienone is 1. The molecule has 4 rings (SSSR count). The molecule has 6 heteroatoms. The zero-order valence-corrected chi connectivity index (χ0v) is 11.8. The normalized spacial score (nSPS) is 23.4. The van der Waals surface area contributed by atoms with Gasteiger partial charge in [0.1, 0.15) is 11.4 Å². The fourth-order valence-electron chi connectivity index (χ4n) is 2.79. The van der Waals surface area contributed by atoms with Crippen LogP contribution >= 0.6 is 11.6 Å². The Morgan fingerprint density at radius 1 is 1.24 bits per heavy atom. The van der Waals surface area contributed by atoms with E-state index in [0.717, 1.165) is 17.0 Å². The summed E-state index contributed by atoms with van der Waals surface area (Å²) in [6.45, 7) is 0.672. The van der Waals surface area contributed by atoms with Gasteiger partial charge in [0.25, 0.3) is 0 Å². The van der Waals surface area contributed by atoms with E-state index in [4.69, 9.17) is 11.6 Å². The van der Waals surface area contributed by atoms with E-state index in [-0.39, 0.29) is 5.06 Å². The van der Waals surface area contributed by atoms with Crippen LogP contribution in [-0.4, -0.2) is 11.4 Å². The molecular formula is C15H13ClN4O. The SMILES string of the molecule is [O-][NH+]1C=C2NC(Cl)=CN2C2=C1C(c1ccccc1)=CCN2. The van der Waals surface area contributed by atoms with E-state index in [1.165, 1.54) is 0 Å². The molecular weight excluding hydrogens is 288 g/mol. The third kappa shape index (κ3) is 1.94. The molecule has 3 aliphatic rings. The third-order valence-corrected chi connectivity index (χ3v) is 3.86. The van der Waals surface area contributed by atoms with E-state index in [1.807, 2.05) is 41.3 Å². The molecule has 1 aromatic rings. The molecule has 0 spiro atoms. The van der Waals surface area contributed by atoms with Crippen LogP contribution in [0.1, 0.15) is 5.56 Å². The first-order valence-corrected chi connectivity index (χ1v) is 7.05. The first-order valence-electron chi connectivity index (χ1n) is 6.68. The molecule has 1 atom stereocenters. The molecule has 1 aromatic carbocycles. The van der Waals surface area contributed by atoms with Crippen molar-refractivity contribution in [3.05, 3.63) is 82.1 Å². The van der Waals surface area contributed by atoms with Gasteiger partial charge in [-0.15, -0.1) is 0 Å². The Labute approximate surface area is 127 Å². The molecule has 3 aliphatic heterocycles. The van der Waals surface area contributed by atoms with Crippen LogP contribution in [0.15, 0.2) is 71.3 Å². The van der Waals surface area contributed by atoms with E-state index in [1.54, 1.807) is 12.4 Å². The average molecular weight is 301 g/mol. The highest BCUT2D eigenvalue weighted by Crippen LogP contribution is 2.30. The maximum atomic E-state index is 12.5. The lowest BCUT2D eigenvalue weighted by Gasteiger charge is -2.36. The van der Waals surface area contributed by atoms with Gasteiger partial charge in [0, 0.05) is 18.3 Å². The van der Waals surface area contributed by atoms with Gasteiger partial charge < -0.3 is 20.9 Å². The van der Waals surface area contributed by atoms with Crippen molar-refractivity contribution in [3.63, 3.8) is 0 Å². The zero-order valence-electron chi connectivity index (χ0n) is 11.1. The summed E-state index contributed by atoms with van der Waals surface area (Å²) >= 11 is 6.01. The summed E-state index contributed by atoms with van der Waals surface area (Å²) in [4.78, 5) is 1.88. The summed E-state index contributed by atoms with van der Waals surface area (Å²) < 4.78 is 0. The molecule has 106 valence electrons. The average Bonchev–Trinajstić information content (AvgIpc) is 2.88. The van der Waals surface area contributed by atoms with Crippen molar-refractivity contribution in [2.24, 2.45) is 0 Å². The first-order chi connectivity index (χ1) is 10.2. The quantitative estimate of drug-likeness (QED) is 0.535. The second kappa shape index (κ2) is 4.66. The number of dihydropyridines is 1. The predicted octanol–water partition coefficient (Wildman–Crippen LogP) is 0.980. The number of benzene rings is 1. The molecule has 5 nitrogen and oxygen atoms in total. The Balaban J connectivity index is 1.83. The van der Waals surface area contributed by atoms with Crippen LogP contribution in [0.4, 0.5) is 0 Å². The third-order valence-electron chi connectivity index (χ3n) is 3.67. The summed E-state index contributed by atoms with van der Waals surface area (Å²) in [7, 11) is 0. The molecule has 0 radical (unpaired) electrons. The van der Waals surface area contributed by atoms with Gasteiger partial charge in [-0.1, -0.05) is 48.0 Å². The maximum absolute atomic E-state index is 12.5. The fraction of sp³-hybridized carbons (Fsp3) is 0.0667. The van der Waals surface area contributed by atoms with E-state index >= 15 is 0 Å². The van der Waals surface area contributed by atoms with E-state index in [0.29, 0.717) is 23.2 Å². The Kier molecular flexibility index (Phi) is 2.78. The Hall–Kier alpha value is -2.21. The van der Waals surface area contributed by atoms with E-state index in [2.05, 4.69) is 10.6 Å². The highest BCUT2D eigenvalue weighted by atomic mass is 35.5. The van der Waals surface area contributed by atoms with Gasteiger partial charge in [-0.2, -0.15) is 0 Å². The molecule has 0 aromatic heterocycles. The second-order valence-corrected chi connectivity index (χ2v) is 5.36. The molecule has 21 heavy (non-hydrogen) atoms. The van der Waals surface area contributed by atoms with Crippen molar-refractivity contribution >= 4 is 17.2 Å². The van der Waals surface area contributed by atoms with Crippen molar-refractivity contribution < 1.29 is 5.06 Å². The van der Waals surface area contributed by atoms with Crippen LogP contribution in [0.25, 0.3) is 5.57 Å². The van der Waals surface area contributed by atoms with Crippen LogP contribution in [0.2, 0.25) is 0 Å². The lowest BCUT2D eigenvalue weighted by Crippen LogP contribution is -3.02. The minimum atomic E-state index is -0.0224. The zero-order chi connectivity index (χ0) is 14.4. The van der Waals surface area contributed by atoms with E-state index in [9.17, 15) is 5.21 Å². The summed E-state index contributed by atoms with van der Waals surface area (Å²) in [5, 5.41) is 19.2. The Morgan fingerprint density at radius 2 is 2.05 bits per heavy atom. The molecule has 0 fully saturated rings. The Bertz CT molecular complexity index is 720. The van der Waals surface area contributed by atoms with Gasteiger partial charge >= 0.3 is 0 Å². The number of nitrogens with one attached hydrogen (secondary N) is 3. The maximum Gasteiger partial charge on any atom is 0.184 e. The van der Waals surface area contributed by atoms with Gasteiger partial charge in [0.05, 0.1) is 0 Å². The molecule has 3 N–H and O–H groups in total. The van der Waals surface area contributed by atoms with Crippen LogP contribution in [0.5, 0.6) is 0 Å². The van der Waals surface area contributed by atoms with Crippen molar-refractivity contribution in [1.29, 1.82) is 0 Å². The first kappa shape index (κ1) is 12.5. The molecule has 0 aliphatic carbocycles. The molecule has 0 saturated carbocycles. The fourth-order valence-corrected chi connectivity index (χ4v) is 2.98. The number of quaternary nitrogens is 1. The number of rotatable bonds is 1. The molecule has 0 amide bonds. The van der Waals surface area contributed by atoms with Crippen molar-refractivity contribution in [3.8, 4) is 0 Å². The predicted molar refractivity (Wildman–Crippen MR) is 80.8 cm³/mol. The molecule has 1 unspecified atom stereocenters. The van der Waals surface area contributed by atoms with Crippen molar-refractivity contribution in [2.45, 2.75) is 0 Å². The number of hydroxylamine groups is 2. The lowest BCUT2D eigenvalue weighted by atomic mass is 9.99. The highest BCUT2D eigenvalue weighted by Gasteiger charge is 2.35. The molecule has 0 saturated heterocycles. The van der Waals surface area contributed by atoms with Gasteiger partial charge in [-0.25, -0.2) is 0 Å². The lowest BCUT2D eigenvalue weighted by molar-refractivity contribution is -0.745. The topological polar surface area (TPSA) is 54.8 Å². The summed E-state index contributed by atoms with van der Waals surface area (Å²) in [6.07, 6.45) is 5.39. The number of nitrogens with zero attached hydrogens (tertiary/aromatic N) is 1. The monoisotopic (exact) mass is 300 g/mol. The second-order valence-electron chi connectivity index (χ2n) is 4.95. The highest BCUT2D eigenvalue weighted by molar-refractivity contribution is 6.29. The van der Waals surface area contributed by atoms with Gasteiger partial charge in [0.15, 0.2) is 17.3 Å². The van der Waals surface area contributed by atoms with Crippen LogP contribution in [-0.2, 0) is 0 Å². The van der Waals surface area contributed by atoms with E-state index < -0.39 is 0 Å². The number of hydrogen-bond donors (Lipinski definition) is 3.